The number of rotatable bonds is 7. The first-order valence-electron chi connectivity index (χ1n) is 8.13. The Morgan fingerprint density at radius 2 is 2.09 bits per heavy atom. The fraction of sp³-hybridized carbons (Fsp3) is 0.588. The Morgan fingerprint density at radius 3 is 2.70 bits per heavy atom. The number of ketones is 1. The summed E-state index contributed by atoms with van der Waals surface area (Å²) in [5.41, 5.74) is 6.59. The van der Waals surface area contributed by atoms with Crippen LogP contribution in [0.4, 0.5) is 0 Å². The Balaban J connectivity index is 2.30. The van der Waals surface area contributed by atoms with Gasteiger partial charge < -0.3 is 15.8 Å². The highest BCUT2D eigenvalue weighted by molar-refractivity contribution is 5.99. The second-order valence-corrected chi connectivity index (χ2v) is 6.38. The van der Waals surface area contributed by atoms with Crippen molar-refractivity contribution in [1.82, 2.24) is 10.3 Å². The van der Waals surface area contributed by atoms with Gasteiger partial charge in [0.25, 0.3) is 5.91 Å². The molecular formula is C17H25N3O3. The average Bonchev–Trinajstić information content (AvgIpc) is 2.53. The summed E-state index contributed by atoms with van der Waals surface area (Å²) >= 11 is 0. The summed E-state index contributed by atoms with van der Waals surface area (Å²) in [7, 11) is 0. The molecule has 0 radical (unpaired) electrons. The van der Waals surface area contributed by atoms with Crippen LogP contribution in [0.1, 0.15) is 42.6 Å². The summed E-state index contributed by atoms with van der Waals surface area (Å²) in [6.45, 7) is 5.65. The van der Waals surface area contributed by atoms with Gasteiger partial charge in [0.2, 0.25) is 5.88 Å². The maximum absolute atomic E-state index is 12.9. The van der Waals surface area contributed by atoms with Gasteiger partial charge in [-0.25, -0.2) is 4.98 Å². The van der Waals surface area contributed by atoms with Crippen LogP contribution in [0.3, 0.4) is 0 Å². The number of pyridine rings is 1. The van der Waals surface area contributed by atoms with Gasteiger partial charge in [0.1, 0.15) is 0 Å². The van der Waals surface area contributed by atoms with E-state index >= 15 is 0 Å². The third-order valence-corrected chi connectivity index (χ3v) is 3.96. The molecule has 1 saturated heterocycles. The van der Waals surface area contributed by atoms with Crippen molar-refractivity contribution in [1.29, 1.82) is 0 Å². The number of nitrogens with one attached hydrogen (secondary N) is 1. The molecule has 1 aliphatic rings. The van der Waals surface area contributed by atoms with Gasteiger partial charge in [-0.15, -0.1) is 0 Å². The van der Waals surface area contributed by atoms with E-state index in [1.807, 2.05) is 0 Å². The predicted molar refractivity (Wildman–Crippen MR) is 87.4 cm³/mol. The molecule has 0 atom stereocenters. The van der Waals surface area contributed by atoms with Crippen LogP contribution in [0.5, 0.6) is 5.88 Å². The molecule has 1 aromatic rings. The van der Waals surface area contributed by atoms with Crippen molar-refractivity contribution < 1.29 is 14.3 Å². The Bertz CT molecular complexity index is 566. The van der Waals surface area contributed by atoms with Crippen LogP contribution in [-0.2, 0) is 11.2 Å². The minimum atomic E-state index is -0.558. The lowest BCUT2D eigenvalue weighted by atomic mass is 9.86. The second-order valence-electron chi connectivity index (χ2n) is 6.38. The van der Waals surface area contributed by atoms with Crippen molar-refractivity contribution in [2.24, 2.45) is 17.6 Å². The number of nitrogens with two attached hydrogens (primary N) is 1. The molecule has 3 N–H and O–H groups in total. The molecule has 0 spiro atoms. The lowest BCUT2D eigenvalue weighted by molar-refractivity contribution is -0.120. The van der Waals surface area contributed by atoms with Crippen LogP contribution >= 0.6 is 0 Å². The maximum Gasteiger partial charge on any atom is 0.255 e. The lowest BCUT2D eigenvalue weighted by Gasteiger charge is -2.23. The maximum atomic E-state index is 12.9. The Labute approximate surface area is 136 Å². The van der Waals surface area contributed by atoms with Crippen molar-refractivity contribution >= 4 is 11.7 Å². The number of primary amides is 1. The summed E-state index contributed by atoms with van der Waals surface area (Å²) in [5.74, 6) is 0.311. The number of ether oxygens (including phenoxy) is 1. The van der Waals surface area contributed by atoms with Crippen LogP contribution in [0, 0.1) is 11.8 Å². The van der Waals surface area contributed by atoms with Gasteiger partial charge in [0, 0.05) is 23.2 Å². The van der Waals surface area contributed by atoms with Crippen LogP contribution in [0.25, 0.3) is 0 Å². The molecule has 0 aliphatic carbocycles. The van der Waals surface area contributed by atoms with Crippen molar-refractivity contribution in [3.8, 4) is 5.88 Å². The third-order valence-electron chi connectivity index (χ3n) is 3.96. The van der Waals surface area contributed by atoms with Crippen molar-refractivity contribution in [2.75, 3.05) is 19.7 Å². The highest BCUT2D eigenvalue weighted by Crippen LogP contribution is 2.27. The molecule has 1 aliphatic heterocycles. The second kappa shape index (κ2) is 8.06. The van der Waals surface area contributed by atoms with Gasteiger partial charge in [-0.1, -0.05) is 13.8 Å². The first kappa shape index (κ1) is 17.4. The fourth-order valence-electron chi connectivity index (χ4n) is 2.88. The normalized spacial score (nSPS) is 15.6. The van der Waals surface area contributed by atoms with Crippen LogP contribution in [-0.4, -0.2) is 36.4 Å². The fourth-order valence-corrected chi connectivity index (χ4v) is 2.88. The van der Waals surface area contributed by atoms with E-state index in [1.54, 1.807) is 12.3 Å². The number of nitrogens with zero attached hydrogens (tertiary/aromatic N) is 1. The van der Waals surface area contributed by atoms with Gasteiger partial charge in [0.15, 0.2) is 12.4 Å². The van der Waals surface area contributed by atoms with Crippen molar-refractivity contribution in [2.45, 2.75) is 33.1 Å². The zero-order valence-corrected chi connectivity index (χ0v) is 13.8. The topological polar surface area (TPSA) is 94.3 Å². The molecule has 1 amide bonds. The van der Waals surface area contributed by atoms with E-state index in [2.05, 4.69) is 24.1 Å². The van der Waals surface area contributed by atoms with Gasteiger partial charge in [0.05, 0.1) is 0 Å². The SMILES string of the molecule is CC(C)Cc1c(C(=O)C2CCNCC2)ccnc1OCC(N)=O. The molecule has 6 heteroatoms. The highest BCUT2D eigenvalue weighted by Gasteiger charge is 2.26. The minimum absolute atomic E-state index is 0.0357. The molecular weight excluding hydrogens is 294 g/mol. The van der Waals surface area contributed by atoms with E-state index in [0.717, 1.165) is 31.5 Å². The molecule has 2 rings (SSSR count). The molecule has 0 saturated carbocycles. The van der Waals surface area contributed by atoms with Crippen LogP contribution in [0.2, 0.25) is 0 Å². The number of carbonyl (C=O) groups is 2. The smallest absolute Gasteiger partial charge is 0.255 e. The Kier molecular flexibility index (Phi) is 6.10. The number of hydrogen-bond donors (Lipinski definition) is 2. The monoisotopic (exact) mass is 319 g/mol. The molecule has 1 aromatic heterocycles. The van der Waals surface area contributed by atoms with E-state index in [0.29, 0.717) is 23.8 Å². The van der Waals surface area contributed by atoms with E-state index in [9.17, 15) is 9.59 Å². The van der Waals surface area contributed by atoms with E-state index in [1.165, 1.54) is 0 Å². The predicted octanol–water partition coefficient (Wildman–Crippen LogP) is 1.33. The molecule has 2 heterocycles. The number of aromatic nitrogens is 1. The van der Waals surface area contributed by atoms with E-state index in [-0.39, 0.29) is 18.3 Å². The summed E-state index contributed by atoms with van der Waals surface area (Å²) in [6.07, 6.45) is 3.93. The highest BCUT2D eigenvalue weighted by atomic mass is 16.5. The number of Topliss-reactive ketones (excluding diaryl/α,β-unsaturated/α-hetero) is 1. The number of hydrogen-bond acceptors (Lipinski definition) is 5. The molecule has 1 fully saturated rings. The van der Waals surface area contributed by atoms with E-state index < -0.39 is 5.91 Å². The average molecular weight is 319 g/mol. The summed E-state index contributed by atoms with van der Waals surface area (Å²) in [4.78, 5) is 28.1. The zero-order valence-electron chi connectivity index (χ0n) is 13.8. The number of amides is 1. The molecule has 126 valence electrons. The van der Waals surface area contributed by atoms with Gasteiger partial charge in [-0.05, 0) is 44.3 Å². The molecule has 6 nitrogen and oxygen atoms in total. The zero-order chi connectivity index (χ0) is 16.8. The minimum Gasteiger partial charge on any atom is -0.467 e. The Hall–Kier alpha value is -1.95. The molecule has 0 aromatic carbocycles. The number of piperidine rings is 1. The van der Waals surface area contributed by atoms with E-state index in [4.69, 9.17) is 10.5 Å². The summed E-state index contributed by atoms with van der Waals surface area (Å²) < 4.78 is 5.43. The first-order valence-corrected chi connectivity index (χ1v) is 8.13. The van der Waals surface area contributed by atoms with Crippen LogP contribution in [0.15, 0.2) is 12.3 Å². The molecule has 23 heavy (non-hydrogen) atoms. The lowest BCUT2D eigenvalue weighted by Crippen LogP contribution is -2.32. The quantitative estimate of drug-likeness (QED) is 0.739. The van der Waals surface area contributed by atoms with Gasteiger partial charge in [-0.2, -0.15) is 0 Å². The van der Waals surface area contributed by atoms with Gasteiger partial charge in [-0.3, -0.25) is 9.59 Å². The summed E-state index contributed by atoms with van der Waals surface area (Å²) in [5, 5.41) is 3.27. The Morgan fingerprint density at radius 1 is 1.39 bits per heavy atom. The largest absolute Gasteiger partial charge is 0.467 e. The standard InChI is InChI=1S/C17H25N3O3/c1-11(2)9-14-13(16(22)12-3-6-19-7-4-12)5-8-20-17(14)23-10-15(18)21/h5,8,11-12,19H,3-4,6-7,9-10H2,1-2H3,(H2,18,21). The molecule has 0 bridgehead atoms. The van der Waals surface area contributed by atoms with Crippen LogP contribution < -0.4 is 15.8 Å². The molecule has 0 unspecified atom stereocenters. The first-order chi connectivity index (χ1) is 11.0. The number of carbonyl (C=O) groups excluding carboxylic acids is 2. The summed E-state index contributed by atoms with van der Waals surface area (Å²) in [6, 6.07) is 1.76. The third kappa shape index (κ3) is 4.76. The van der Waals surface area contributed by atoms with Crippen molar-refractivity contribution in [3.63, 3.8) is 0 Å². The van der Waals surface area contributed by atoms with Crippen molar-refractivity contribution in [3.05, 3.63) is 23.4 Å². The van der Waals surface area contributed by atoms with Gasteiger partial charge >= 0.3 is 0 Å².